The highest BCUT2D eigenvalue weighted by molar-refractivity contribution is 6.33. The van der Waals surface area contributed by atoms with Gasteiger partial charge in [-0.2, -0.15) is 9.61 Å². The van der Waals surface area contributed by atoms with E-state index in [-0.39, 0.29) is 0 Å². The van der Waals surface area contributed by atoms with Gasteiger partial charge in [0.05, 0.1) is 11.3 Å². The van der Waals surface area contributed by atoms with Crippen LogP contribution in [0.15, 0.2) is 60.7 Å². The fourth-order valence-corrected chi connectivity index (χ4v) is 3.56. The number of hydrogen-bond donors (Lipinski definition) is 1. The largest absolute Gasteiger partial charge is 0.370 e. The summed E-state index contributed by atoms with van der Waals surface area (Å²) in [7, 11) is 0. The van der Waals surface area contributed by atoms with Crippen molar-refractivity contribution < 1.29 is 0 Å². The normalized spacial score (nSPS) is 11.1. The first kappa shape index (κ1) is 17.6. The molecular weight excluding hydrogens is 356 g/mol. The van der Waals surface area contributed by atoms with Crippen LogP contribution in [-0.2, 0) is 6.42 Å². The number of anilines is 1. The number of aryl methyl sites for hydroxylation is 2. The predicted molar refractivity (Wildman–Crippen MR) is 112 cm³/mol. The minimum Gasteiger partial charge on any atom is -0.370 e. The molecule has 0 aliphatic rings. The third-order valence-corrected chi connectivity index (χ3v) is 4.93. The molecule has 136 valence electrons. The van der Waals surface area contributed by atoms with Gasteiger partial charge in [0.25, 0.3) is 0 Å². The van der Waals surface area contributed by atoms with Crippen LogP contribution in [0.1, 0.15) is 17.0 Å². The van der Waals surface area contributed by atoms with E-state index in [2.05, 4.69) is 29.6 Å². The SMILES string of the molecule is Cc1cc(NCCc2ccccc2)n2nc(C)c(-c3ccccc3Cl)c2n1. The molecule has 0 radical (unpaired) electrons. The lowest BCUT2D eigenvalue weighted by molar-refractivity contribution is 0.892. The highest BCUT2D eigenvalue weighted by Gasteiger charge is 2.17. The van der Waals surface area contributed by atoms with Crippen molar-refractivity contribution in [2.24, 2.45) is 0 Å². The summed E-state index contributed by atoms with van der Waals surface area (Å²) < 4.78 is 1.88. The van der Waals surface area contributed by atoms with E-state index in [1.54, 1.807) is 0 Å². The number of nitrogens with zero attached hydrogens (tertiary/aromatic N) is 3. The lowest BCUT2D eigenvalue weighted by Crippen LogP contribution is -2.10. The minimum atomic E-state index is 0.706. The molecule has 0 saturated carbocycles. The topological polar surface area (TPSA) is 42.2 Å². The Morgan fingerprint density at radius 3 is 2.52 bits per heavy atom. The molecule has 1 N–H and O–H groups in total. The Morgan fingerprint density at radius 2 is 1.74 bits per heavy atom. The van der Waals surface area contributed by atoms with E-state index < -0.39 is 0 Å². The zero-order chi connectivity index (χ0) is 18.8. The van der Waals surface area contributed by atoms with Gasteiger partial charge in [-0.25, -0.2) is 4.98 Å². The summed E-state index contributed by atoms with van der Waals surface area (Å²) in [5, 5.41) is 8.95. The van der Waals surface area contributed by atoms with E-state index in [0.717, 1.165) is 46.9 Å². The average Bonchev–Trinajstić information content (AvgIpc) is 2.99. The van der Waals surface area contributed by atoms with E-state index in [0.29, 0.717) is 5.02 Å². The number of rotatable bonds is 5. The first-order valence-corrected chi connectivity index (χ1v) is 9.41. The van der Waals surface area contributed by atoms with Crippen LogP contribution in [0.4, 0.5) is 5.82 Å². The summed E-state index contributed by atoms with van der Waals surface area (Å²) in [6.07, 6.45) is 0.946. The van der Waals surface area contributed by atoms with Crippen molar-refractivity contribution in [2.75, 3.05) is 11.9 Å². The van der Waals surface area contributed by atoms with E-state index in [1.807, 2.05) is 54.8 Å². The molecule has 0 aliphatic carbocycles. The maximum absolute atomic E-state index is 6.44. The molecule has 0 unspecified atom stereocenters. The van der Waals surface area contributed by atoms with E-state index >= 15 is 0 Å². The molecule has 2 heterocycles. The molecular formula is C22H21ClN4. The summed E-state index contributed by atoms with van der Waals surface area (Å²) in [5.41, 5.74) is 5.92. The number of aromatic nitrogens is 3. The molecule has 0 bridgehead atoms. The number of hydrogen-bond acceptors (Lipinski definition) is 3. The van der Waals surface area contributed by atoms with E-state index in [1.165, 1.54) is 5.56 Å². The molecule has 0 fully saturated rings. The first-order valence-electron chi connectivity index (χ1n) is 9.03. The third kappa shape index (κ3) is 3.53. The predicted octanol–water partition coefficient (Wildman–Crippen LogP) is 5.32. The standard InChI is InChI=1S/C22H21ClN4/c1-15-14-20(24-13-12-17-8-4-3-5-9-17)27-22(25-15)21(16(2)26-27)18-10-6-7-11-19(18)23/h3-11,14,24H,12-13H2,1-2H3. The van der Waals surface area contributed by atoms with Gasteiger partial charge in [0.2, 0.25) is 0 Å². The van der Waals surface area contributed by atoms with Gasteiger partial charge in [-0.3, -0.25) is 0 Å². The van der Waals surface area contributed by atoms with Crippen molar-refractivity contribution in [1.82, 2.24) is 14.6 Å². The van der Waals surface area contributed by atoms with Gasteiger partial charge < -0.3 is 5.32 Å². The summed E-state index contributed by atoms with van der Waals surface area (Å²) in [6.45, 7) is 4.82. The lowest BCUT2D eigenvalue weighted by atomic mass is 10.1. The van der Waals surface area contributed by atoms with E-state index in [9.17, 15) is 0 Å². The second kappa shape index (κ2) is 7.41. The summed E-state index contributed by atoms with van der Waals surface area (Å²) in [5.74, 6) is 0.940. The summed E-state index contributed by atoms with van der Waals surface area (Å²) in [4.78, 5) is 4.74. The Bertz CT molecular complexity index is 1090. The van der Waals surface area contributed by atoms with Gasteiger partial charge in [-0.05, 0) is 31.9 Å². The molecule has 4 nitrogen and oxygen atoms in total. The number of benzene rings is 2. The van der Waals surface area contributed by atoms with Gasteiger partial charge in [0.15, 0.2) is 5.65 Å². The molecule has 0 spiro atoms. The van der Waals surface area contributed by atoms with Gasteiger partial charge >= 0.3 is 0 Å². The first-order chi connectivity index (χ1) is 13.1. The molecule has 0 amide bonds. The summed E-state index contributed by atoms with van der Waals surface area (Å²) in [6, 6.07) is 20.3. The van der Waals surface area contributed by atoms with Crippen LogP contribution in [0.25, 0.3) is 16.8 Å². The van der Waals surface area contributed by atoms with Crippen molar-refractivity contribution >= 4 is 23.1 Å². The summed E-state index contributed by atoms with van der Waals surface area (Å²) >= 11 is 6.44. The molecule has 4 aromatic rings. The van der Waals surface area contributed by atoms with Crippen LogP contribution in [0.3, 0.4) is 0 Å². The zero-order valence-electron chi connectivity index (χ0n) is 15.4. The second-order valence-electron chi connectivity index (χ2n) is 6.62. The molecule has 0 atom stereocenters. The van der Waals surface area contributed by atoms with Gasteiger partial charge in [0.1, 0.15) is 5.82 Å². The average molecular weight is 377 g/mol. The smallest absolute Gasteiger partial charge is 0.165 e. The number of halogens is 1. The maximum Gasteiger partial charge on any atom is 0.165 e. The molecule has 2 aromatic heterocycles. The van der Waals surface area contributed by atoms with Crippen molar-refractivity contribution in [1.29, 1.82) is 0 Å². The Labute approximate surface area is 163 Å². The quantitative estimate of drug-likeness (QED) is 0.512. The second-order valence-corrected chi connectivity index (χ2v) is 7.03. The molecule has 27 heavy (non-hydrogen) atoms. The zero-order valence-corrected chi connectivity index (χ0v) is 16.2. The van der Waals surface area contributed by atoms with Crippen LogP contribution >= 0.6 is 11.6 Å². The Hall–Kier alpha value is -2.85. The van der Waals surface area contributed by atoms with Crippen molar-refractivity contribution in [2.45, 2.75) is 20.3 Å². The number of fused-ring (bicyclic) bond motifs is 1. The van der Waals surface area contributed by atoms with Gasteiger partial charge in [-0.1, -0.05) is 60.1 Å². The maximum atomic E-state index is 6.44. The molecule has 2 aromatic carbocycles. The van der Waals surface area contributed by atoms with Crippen LogP contribution < -0.4 is 5.32 Å². The highest BCUT2D eigenvalue weighted by atomic mass is 35.5. The fraction of sp³-hybridized carbons (Fsp3) is 0.182. The van der Waals surface area contributed by atoms with Crippen LogP contribution in [0, 0.1) is 13.8 Å². The lowest BCUT2D eigenvalue weighted by Gasteiger charge is -2.10. The molecule has 0 saturated heterocycles. The molecule has 4 rings (SSSR count). The molecule has 0 aliphatic heterocycles. The Balaban J connectivity index is 1.70. The Kier molecular flexibility index (Phi) is 4.82. The van der Waals surface area contributed by atoms with Crippen LogP contribution in [0.5, 0.6) is 0 Å². The van der Waals surface area contributed by atoms with Gasteiger partial charge in [-0.15, -0.1) is 0 Å². The third-order valence-electron chi connectivity index (χ3n) is 4.60. The van der Waals surface area contributed by atoms with Crippen LogP contribution in [0.2, 0.25) is 5.02 Å². The van der Waals surface area contributed by atoms with Crippen molar-refractivity contribution in [3.63, 3.8) is 0 Å². The highest BCUT2D eigenvalue weighted by Crippen LogP contribution is 2.33. The minimum absolute atomic E-state index is 0.706. The van der Waals surface area contributed by atoms with E-state index in [4.69, 9.17) is 21.7 Å². The van der Waals surface area contributed by atoms with Crippen molar-refractivity contribution in [3.8, 4) is 11.1 Å². The monoisotopic (exact) mass is 376 g/mol. The van der Waals surface area contributed by atoms with Gasteiger partial charge in [0, 0.05) is 28.9 Å². The molecule has 5 heteroatoms. The fourth-order valence-electron chi connectivity index (χ4n) is 3.33. The van der Waals surface area contributed by atoms with Crippen molar-refractivity contribution in [3.05, 3.63) is 82.6 Å². The number of nitrogens with one attached hydrogen (secondary N) is 1. The van der Waals surface area contributed by atoms with Crippen LogP contribution in [-0.4, -0.2) is 21.1 Å². The Morgan fingerprint density at radius 1 is 1.00 bits per heavy atom.